The Balaban J connectivity index is 2.40. The van der Waals surface area contributed by atoms with Gasteiger partial charge in [-0.1, -0.05) is 24.3 Å². The van der Waals surface area contributed by atoms with E-state index < -0.39 is 11.8 Å². The molecule has 0 N–H and O–H groups in total. The number of methoxy groups -OCH3 is 2. The van der Waals surface area contributed by atoms with Gasteiger partial charge < -0.3 is 9.47 Å². The lowest BCUT2D eigenvalue weighted by Crippen LogP contribution is -2.26. The summed E-state index contributed by atoms with van der Waals surface area (Å²) >= 11 is 0. The van der Waals surface area contributed by atoms with Crippen molar-refractivity contribution >= 4 is 11.9 Å². The Morgan fingerprint density at radius 1 is 1.12 bits per heavy atom. The molecule has 1 aromatic carbocycles. The van der Waals surface area contributed by atoms with Crippen LogP contribution in [0, 0.1) is 5.92 Å². The molecular formula is C13H14O4. The van der Waals surface area contributed by atoms with Gasteiger partial charge in [-0.25, -0.2) is 0 Å². The van der Waals surface area contributed by atoms with E-state index in [2.05, 4.69) is 0 Å². The minimum atomic E-state index is -0.538. The zero-order chi connectivity index (χ0) is 12.4. The lowest BCUT2D eigenvalue weighted by Gasteiger charge is -2.15. The maximum atomic E-state index is 11.8. The maximum Gasteiger partial charge on any atom is 0.314 e. The second kappa shape index (κ2) is 4.57. The van der Waals surface area contributed by atoms with Gasteiger partial charge in [-0.05, 0) is 17.5 Å². The van der Waals surface area contributed by atoms with Crippen LogP contribution in [0.5, 0.6) is 0 Å². The lowest BCUT2D eigenvalue weighted by molar-refractivity contribution is -0.153. The Kier molecular flexibility index (Phi) is 3.13. The van der Waals surface area contributed by atoms with E-state index in [0.29, 0.717) is 6.42 Å². The highest BCUT2D eigenvalue weighted by molar-refractivity contribution is 5.88. The predicted octanol–water partition coefficient (Wildman–Crippen LogP) is 1.29. The van der Waals surface area contributed by atoms with Gasteiger partial charge in [0.1, 0.15) is 0 Å². The van der Waals surface area contributed by atoms with Crippen LogP contribution in [-0.4, -0.2) is 26.2 Å². The van der Waals surface area contributed by atoms with Crippen LogP contribution in [-0.2, 0) is 25.5 Å². The second-order valence-electron chi connectivity index (χ2n) is 4.03. The van der Waals surface area contributed by atoms with Crippen molar-refractivity contribution in [2.24, 2.45) is 5.92 Å². The number of carbonyl (C=O) groups excluding carboxylic acids is 2. The van der Waals surface area contributed by atoms with Gasteiger partial charge in [0.05, 0.1) is 26.1 Å². The van der Waals surface area contributed by atoms with Crippen molar-refractivity contribution in [2.45, 2.75) is 12.3 Å². The van der Waals surface area contributed by atoms with Gasteiger partial charge in [0, 0.05) is 0 Å². The molecule has 1 aliphatic carbocycles. The zero-order valence-corrected chi connectivity index (χ0v) is 9.80. The number of rotatable bonds is 2. The quantitative estimate of drug-likeness (QED) is 0.723. The summed E-state index contributed by atoms with van der Waals surface area (Å²) in [6.07, 6.45) is 0.530. The molecule has 90 valence electrons. The molecule has 2 rings (SSSR count). The highest BCUT2D eigenvalue weighted by Gasteiger charge is 2.42. The van der Waals surface area contributed by atoms with Crippen LogP contribution in [0.2, 0.25) is 0 Å². The summed E-state index contributed by atoms with van der Waals surface area (Å²) < 4.78 is 9.51. The summed E-state index contributed by atoms with van der Waals surface area (Å²) in [4.78, 5) is 23.5. The first-order valence-corrected chi connectivity index (χ1v) is 5.42. The molecular weight excluding hydrogens is 220 g/mol. The minimum absolute atomic E-state index is 0.364. The first kappa shape index (κ1) is 11.6. The van der Waals surface area contributed by atoms with E-state index in [1.807, 2.05) is 24.3 Å². The fraction of sp³-hybridized carbons (Fsp3) is 0.385. The third-order valence-electron chi connectivity index (χ3n) is 3.19. The molecule has 17 heavy (non-hydrogen) atoms. The Hall–Kier alpha value is -1.84. The van der Waals surface area contributed by atoms with Crippen LogP contribution >= 0.6 is 0 Å². The van der Waals surface area contributed by atoms with E-state index in [-0.39, 0.29) is 11.9 Å². The molecule has 0 aromatic heterocycles. The van der Waals surface area contributed by atoms with E-state index in [1.165, 1.54) is 14.2 Å². The predicted molar refractivity (Wildman–Crippen MR) is 60.4 cm³/mol. The van der Waals surface area contributed by atoms with Crippen molar-refractivity contribution in [2.75, 3.05) is 14.2 Å². The van der Waals surface area contributed by atoms with E-state index in [1.54, 1.807) is 0 Å². The van der Waals surface area contributed by atoms with Crippen molar-refractivity contribution in [3.05, 3.63) is 35.4 Å². The molecule has 0 unspecified atom stereocenters. The number of benzene rings is 1. The normalized spacial score (nSPS) is 21.8. The number of hydrogen-bond donors (Lipinski definition) is 0. The smallest absolute Gasteiger partial charge is 0.314 e. The number of esters is 2. The molecule has 1 aliphatic rings. The number of hydrogen-bond acceptors (Lipinski definition) is 4. The van der Waals surface area contributed by atoms with Gasteiger partial charge >= 0.3 is 11.9 Å². The average Bonchev–Trinajstić information content (AvgIpc) is 2.76. The van der Waals surface area contributed by atoms with Gasteiger partial charge in [-0.3, -0.25) is 9.59 Å². The molecule has 0 radical (unpaired) electrons. The Morgan fingerprint density at radius 3 is 2.41 bits per heavy atom. The first-order valence-electron chi connectivity index (χ1n) is 5.42. The highest BCUT2D eigenvalue weighted by atomic mass is 16.5. The van der Waals surface area contributed by atoms with Crippen molar-refractivity contribution in [3.8, 4) is 0 Å². The Morgan fingerprint density at radius 2 is 1.76 bits per heavy atom. The summed E-state index contributed by atoms with van der Waals surface area (Å²) in [6.45, 7) is 0. The third kappa shape index (κ3) is 1.90. The molecule has 1 aromatic rings. The van der Waals surface area contributed by atoms with Gasteiger partial charge in [0.2, 0.25) is 0 Å². The van der Waals surface area contributed by atoms with Crippen LogP contribution in [0.15, 0.2) is 24.3 Å². The topological polar surface area (TPSA) is 52.6 Å². The van der Waals surface area contributed by atoms with Crippen LogP contribution in [0.4, 0.5) is 0 Å². The molecule has 0 aliphatic heterocycles. The first-order chi connectivity index (χ1) is 8.19. The number of ether oxygens (including phenoxy) is 2. The SMILES string of the molecule is COC(=O)[C@@H]1Cc2ccccc2[C@@H]1C(=O)OC. The number of carbonyl (C=O) groups is 2. The van der Waals surface area contributed by atoms with Crippen LogP contribution in [0.1, 0.15) is 17.0 Å². The molecule has 0 fully saturated rings. The van der Waals surface area contributed by atoms with Crippen LogP contribution in [0.25, 0.3) is 0 Å². The van der Waals surface area contributed by atoms with Crippen molar-refractivity contribution in [3.63, 3.8) is 0 Å². The highest BCUT2D eigenvalue weighted by Crippen LogP contribution is 2.39. The molecule has 0 saturated heterocycles. The van der Waals surface area contributed by atoms with E-state index in [4.69, 9.17) is 9.47 Å². The average molecular weight is 234 g/mol. The molecule has 2 atom stereocenters. The molecule has 4 heteroatoms. The lowest BCUT2D eigenvalue weighted by atomic mass is 9.93. The van der Waals surface area contributed by atoms with Crippen molar-refractivity contribution in [1.29, 1.82) is 0 Å². The minimum Gasteiger partial charge on any atom is -0.469 e. The molecule has 0 saturated carbocycles. The summed E-state index contributed by atoms with van der Waals surface area (Å²) in [7, 11) is 2.66. The summed E-state index contributed by atoms with van der Waals surface area (Å²) in [5.74, 6) is -1.75. The Bertz CT molecular complexity index is 452. The van der Waals surface area contributed by atoms with Gasteiger partial charge in [-0.15, -0.1) is 0 Å². The largest absolute Gasteiger partial charge is 0.469 e. The van der Waals surface area contributed by atoms with Gasteiger partial charge in [0.15, 0.2) is 0 Å². The van der Waals surface area contributed by atoms with Gasteiger partial charge in [0.25, 0.3) is 0 Å². The summed E-state index contributed by atoms with van der Waals surface area (Å²) in [5, 5.41) is 0. The molecule has 0 spiro atoms. The van der Waals surface area contributed by atoms with E-state index in [9.17, 15) is 9.59 Å². The maximum absolute atomic E-state index is 11.8. The molecule has 0 heterocycles. The Labute approximate surface area is 99.5 Å². The fourth-order valence-corrected chi connectivity index (χ4v) is 2.38. The zero-order valence-electron chi connectivity index (χ0n) is 9.80. The van der Waals surface area contributed by atoms with Crippen LogP contribution in [0.3, 0.4) is 0 Å². The molecule has 0 bridgehead atoms. The molecule has 4 nitrogen and oxygen atoms in total. The third-order valence-corrected chi connectivity index (χ3v) is 3.19. The van der Waals surface area contributed by atoms with Crippen molar-refractivity contribution < 1.29 is 19.1 Å². The monoisotopic (exact) mass is 234 g/mol. The summed E-state index contributed by atoms with van der Waals surface area (Å²) in [5.41, 5.74) is 1.88. The van der Waals surface area contributed by atoms with Crippen molar-refractivity contribution in [1.82, 2.24) is 0 Å². The molecule has 0 amide bonds. The fourth-order valence-electron chi connectivity index (χ4n) is 2.38. The van der Waals surface area contributed by atoms with Gasteiger partial charge in [-0.2, -0.15) is 0 Å². The second-order valence-corrected chi connectivity index (χ2v) is 4.03. The standard InChI is InChI=1S/C13H14O4/c1-16-12(14)10-7-8-5-3-4-6-9(8)11(10)13(15)17-2/h3-6,10-11H,7H2,1-2H3/t10-,11+/m1/s1. The van der Waals surface area contributed by atoms with E-state index >= 15 is 0 Å². The van der Waals surface area contributed by atoms with E-state index in [0.717, 1.165) is 11.1 Å². The van der Waals surface area contributed by atoms with Crippen LogP contribution < -0.4 is 0 Å². The number of fused-ring (bicyclic) bond motifs is 1. The summed E-state index contributed by atoms with van der Waals surface area (Å²) in [6, 6.07) is 7.54.